The van der Waals surface area contributed by atoms with Crippen LogP contribution >= 0.6 is 0 Å². The van der Waals surface area contributed by atoms with Crippen LogP contribution in [0.3, 0.4) is 0 Å². The van der Waals surface area contributed by atoms with E-state index in [1.807, 2.05) is 38.2 Å². The van der Waals surface area contributed by atoms with E-state index >= 15 is 0 Å². The van der Waals surface area contributed by atoms with Gasteiger partial charge in [0.05, 0.1) is 0 Å². The molecule has 2 rings (SSSR count). The van der Waals surface area contributed by atoms with Gasteiger partial charge in [-0.05, 0) is 42.3 Å². The summed E-state index contributed by atoms with van der Waals surface area (Å²) >= 11 is 0. The predicted molar refractivity (Wildman–Crippen MR) is 73.2 cm³/mol. The zero-order valence-electron chi connectivity index (χ0n) is 10.8. The number of nitrogens with two attached hydrogens (primary N) is 1. The van der Waals surface area contributed by atoms with Gasteiger partial charge >= 0.3 is 0 Å². The summed E-state index contributed by atoms with van der Waals surface area (Å²) in [6, 6.07) is 8.07. The number of rotatable bonds is 4. The number of hydrogen-bond donors (Lipinski definition) is 1. The van der Waals surface area contributed by atoms with Crippen LogP contribution < -0.4 is 10.6 Å². The number of pyridine rings is 2. The van der Waals surface area contributed by atoms with Crippen LogP contribution in [0.15, 0.2) is 36.7 Å². The lowest BCUT2D eigenvalue weighted by Gasteiger charge is -2.19. The van der Waals surface area contributed by atoms with E-state index in [-0.39, 0.29) is 0 Å². The standard InChI is InChI=1S/C14H18N4/c1-11-7-13(9-15)8-14(17-11)18(2)10-12-3-5-16-6-4-12/h3-8H,9-10,15H2,1-2H3. The Kier molecular flexibility index (Phi) is 3.89. The van der Waals surface area contributed by atoms with Crippen LogP contribution in [-0.4, -0.2) is 17.0 Å². The van der Waals surface area contributed by atoms with E-state index in [9.17, 15) is 0 Å². The molecule has 4 nitrogen and oxygen atoms in total. The Morgan fingerprint density at radius 1 is 1.17 bits per heavy atom. The number of anilines is 1. The lowest BCUT2D eigenvalue weighted by molar-refractivity contribution is 0.883. The summed E-state index contributed by atoms with van der Waals surface area (Å²) < 4.78 is 0. The van der Waals surface area contributed by atoms with Gasteiger partial charge in [0.2, 0.25) is 0 Å². The molecule has 2 N–H and O–H groups in total. The molecule has 2 aromatic heterocycles. The molecule has 0 amide bonds. The summed E-state index contributed by atoms with van der Waals surface area (Å²) in [5, 5.41) is 0. The van der Waals surface area contributed by atoms with Crippen molar-refractivity contribution in [2.45, 2.75) is 20.0 Å². The largest absolute Gasteiger partial charge is 0.355 e. The smallest absolute Gasteiger partial charge is 0.129 e. The fraction of sp³-hybridized carbons (Fsp3) is 0.286. The van der Waals surface area contributed by atoms with Crippen molar-refractivity contribution in [1.29, 1.82) is 0 Å². The van der Waals surface area contributed by atoms with Crippen molar-refractivity contribution in [2.24, 2.45) is 5.73 Å². The molecule has 4 heteroatoms. The third-order valence-corrected chi connectivity index (χ3v) is 2.80. The molecule has 0 spiro atoms. The van der Waals surface area contributed by atoms with Crippen LogP contribution in [0, 0.1) is 6.92 Å². The highest BCUT2D eigenvalue weighted by atomic mass is 15.2. The van der Waals surface area contributed by atoms with Crippen LogP contribution in [0.25, 0.3) is 0 Å². The summed E-state index contributed by atoms with van der Waals surface area (Å²) in [6.45, 7) is 3.34. The van der Waals surface area contributed by atoms with Gasteiger partial charge in [0.15, 0.2) is 0 Å². The van der Waals surface area contributed by atoms with Crippen LogP contribution in [0.5, 0.6) is 0 Å². The van der Waals surface area contributed by atoms with Gasteiger partial charge in [-0.2, -0.15) is 0 Å². The number of aromatic nitrogens is 2. The molecule has 0 radical (unpaired) electrons. The maximum absolute atomic E-state index is 5.69. The third-order valence-electron chi connectivity index (χ3n) is 2.80. The van der Waals surface area contributed by atoms with E-state index in [0.29, 0.717) is 6.54 Å². The van der Waals surface area contributed by atoms with E-state index in [0.717, 1.165) is 23.6 Å². The molecular formula is C14H18N4. The minimum atomic E-state index is 0.541. The zero-order chi connectivity index (χ0) is 13.0. The molecular weight excluding hydrogens is 224 g/mol. The quantitative estimate of drug-likeness (QED) is 0.889. The van der Waals surface area contributed by atoms with Gasteiger partial charge in [-0.3, -0.25) is 4.98 Å². The van der Waals surface area contributed by atoms with Crippen LogP contribution in [0.4, 0.5) is 5.82 Å². The molecule has 18 heavy (non-hydrogen) atoms. The summed E-state index contributed by atoms with van der Waals surface area (Å²) in [5.41, 5.74) is 9.00. The van der Waals surface area contributed by atoms with Gasteiger partial charge in [0.1, 0.15) is 5.82 Å². The average Bonchev–Trinajstić information content (AvgIpc) is 2.39. The molecule has 94 valence electrons. The minimum Gasteiger partial charge on any atom is -0.355 e. The highest BCUT2D eigenvalue weighted by Gasteiger charge is 2.05. The average molecular weight is 242 g/mol. The Labute approximate surface area is 107 Å². The molecule has 2 aromatic rings. The van der Waals surface area contributed by atoms with Gasteiger partial charge in [-0.15, -0.1) is 0 Å². The van der Waals surface area contributed by atoms with Crippen molar-refractivity contribution in [3.05, 3.63) is 53.5 Å². The van der Waals surface area contributed by atoms with Crippen molar-refractivity contribution in [3.8, 4) is 0 Å². The van der Waals surface area contributed by atoms with E-state index in [1.165, 1.54) is 5.56 Å². The first-order valence-corrected chi connectivity index (χ1v) is 5.96. The molecule has 2 heterocycles. The van der Waals surface area contributed by atoms with Crippen molar-refractivity contribution >= 4 is 5.82 Å². The first-order valence-electron chi connectivity index (χ1n) is 5.96. The highest BCUT2D eigenvalue weighted by Crippen LogP contribution is 2.15. The van der Waals surface area contributed by atoms with Crippen molar-refractivity contribution in [1.82, 2.24) is 9.97 Å². The van der Waals surface area contributed by atoms with E-state index in [4.69, 9.17) is 5.73 Å². The van der Waals surface area contributed by atoms with Crippen LogP contribution in [0.1, 0.15) is 16.8 Å². The van der Waals surface area contributed by atoms with Gasteiger partial charge in [0, 0.05) is 38.2 Å². The SMILES string of the molecule is Cc1cc(CN)cc(N(C)Cc2ccncc2)n1. The second-order valence-electron chi connectivity index (χ2n) is 4.39. The molecule has 0 saturated heterocycles. The van der Waals surface area contributed by atoms with Gasteiger partial charge in [-0.1, -0.05) is 0 Å². The Balaban J connectivity index is 2.18. The molecule has 0 fully saturated rings. The lowest BCUT2D eigenvalue weighted by Crippen LogP contribution is -2.18. The Hall–Kier alpha value is -1.94. The Morgan fingerprint density at radius 2 is 1.89 bits per heavy atom. The van der Waals surface area contributed by atoms with Crippen LogP contribution in [-0.2, 0) is 13.1 Å². The fourth-order valence-corrected chi connectivity index (χ4v) is 1.88. The number of hydrogen-bond acceptors (Lipinski definition) is 4. The molecule has 0 aliphatic carbocycles. The third kappa shape index (κ3) is 3.05. The summed E-state index contributed by atoms with van der Waals surface area (Å²) in [4.78, 5) is 10.7. The van der Waals surface area contributed by atoms with Crippen molar-refractivity contribution < 1.29 is 0 Å². The summed E-state index contributed by atoms with van der Waals surface area (Å²) in [7, 11) is 2.03. The van der Waals surface area contributed by atoms with Gasteiger partial charge in [-0.25, -0.2) is 4.98 Å². The summed E-state index contributed by atoms with van der Waals surface area (Å²) in [5.74, 6) is 0.951. The monoisotopic (exact) mass is 242 g/mol. The molecule has 0 unspecified atom stereocenters. The molecule has 0 atom stereocenters. The topological polar surface area (TPSA) is 55.0 Å². The maximum Gasteiger partial charge on any atom is 0.129 e. The maximum atomic E-state index is 5.69. The Morgan fingerprint density at radius 3 is 2.56 bits per heavy atom. The molecule has 0 saturated carbocycles. The second-order valence-corrected chi connectivity index (χ2v) is 4.39. The first-order chi connectivity index (χ1) is 8.69. The van der Waals surface area contributed by atoms with E-state index in [1.54, 1.807) is 12.4 Å². The summed E-state index contributed by atoms with van der Waals surface area (Å²) in [6.07, 6.45) is 3.61. The predicted octanol–water partition coefficient (Wildman–Crippen LogP) is 1.88. The second kappa shape index (κ2) is 5.60. The zero-order valence-corrected chi connectivity index (χ0v) is 10.8. The van der Waals surface area contributed by atoms with E-state index in [2.05, 4.69) is 14.9 Å². The Bertz CT molecular complexity index is 510. The molecule has 0 bridgehead atoms. The van der Waals surface area contributed by atoms with E-state index < -0.39 is 0 Å². The van der Waals surface area contributed by atoms with Crippen molar-refractivity contribution in [3.63, 3.8) is 0 Å². The number of nitrogens with zero attached hydrogens (tertiary/aromatic N) is 3. The molecule has 0 aliphatic rings. The molecule has 0 aromatic carbocycles. The minimum absolute atomic E-state index is 0.541. The fourth-order valence-electron chi connectivity index (χ4n) is 1.88. The molecule has 0 aliphatic heterocycles. The van der Waals surface area contributed by atoms with Gasteiger partial charge < -0.3 is 10.6 Å². The van der Waals surface area contributed by atoms with Crippen molar-refractivity contribution in [2.75, 3.05) is 11.9 Å². The highest BCUT2D eigenvalue weighted by molar-refractivity contribution is 5.42. The lowest BCUT2D eigenvalue weighted by atomic mass is 10.2. The first kappa shape index (κ1) is 12.5. The van der Waals surface area contributed by atoms with Gasteiger partial charge in [0.25, 0.3) is 0 Å². The van der Waals surface area contributed by atoms with Crippen LogP contribution in [0.2, 0.25) is 0 Å². The normalized spacial score (nSPS) is 10.4. The number of aryl methyl sites for hydroxylation is 1.